The minimum atomic E-state index is -1.21. The van der Waals surface area contributed by atoms with Crippen LogP contribution in [0.1, 0.15) is 21.9 Å². The van der Waals surface area contributed by atoms with Crippen molar-refractivity contribution in [2.24, 2.45) is 7.05 Å². The first-order valence-electron chi connectivity index (χ1n) is 6.97. The third-order valence-electron chi connectivity index (χ3n) is 3.94. The summed E-state index contributed by atoms with van der Waals surface area (Å²) in [5.41, 5.74) is 0.968. The van der Waals surface area contributed by atoms with Crippen molar-refractivity contribution in [1.29, 1.82) is 5.26 Å². The van der Waals surface area contributed by atoms with Gasteiger partial charge < -0.3 is 14.6 Å². The standard InChI is InChI=1S/C15H13Cl2N5O2/c1-20-11(6-18)19-13-12(20)14(23)22(15(24)21(13)2)7-8-3-4-9(16)10(17)5-8/h3-5,15,24H,7H2,1-2H3. The van der Waals surface area contributed by atoms with Crippen LogP contribution in [0.3, 0.4) is 0 Å². The molecule has 1 atom stereocenters. The Kier molecular flexibility index (Phi) is 4.13. The number of benzene rings is 1. The second-order valence-electron chi connectivity index (χ2n) is 5.42. The van der Waals surface area contributed by atoms with E-state index in [0.29, 0.717) is 10.0 Å². The molecule has 0 bridgehead atoms. The number of aliphatic hydroxyl groups is 1. The topological polar surface area (TPSA) is 85.4 Å². The highest BCUT2D eigenvalue weighted by molar-refractivity contribution is 6.42. The number of aliphatic hydroxyl groups excluding tert-OH is 1. The highest BCUT2D eigenvalue weighted by atomic mass is 35.5. The fourth-order valence-corrected chi connectivity index (χ4v) is 2.94. The number of carbonyl (C=O) groups excluding carboxylic acids is 1. The Hall–Kier alpha value is -2.27. The van der Waals surface area contributed by atoms with E-state index in [-0.39, 0.29) is 23.9 Å². The summed E-state index contributed by atoms with van der Waals surface area (Å²) in [6, 6.07) is 6.93. The number of fused-ring (bicyclic) bond motifs is 1. The summed E-state index contributed by atoms with van der Waals surface area (Å²) in [6.07, 6.45) is -1.21. The molecule has 2 heterocycles. The molecule has 2 aromatic rings. The minimum Gasteiger partial charge on any atom is -0.356 e. The van der Waals surface area contributed by atoms with Crippen LogP contribution in [0.15, 0.2) is 18.2 Å². The quantitative estimate of drug-likeness (QED) is 0.878. The molecule has 0 saturated carbocycles. The number of halogens is 2. The molecule has 9 heteroatoms. The van der Waals surface area contributed by atoms with Crippen molar-refractivity contribution in [2.75, 3.05) is 11.9 Å². The smallest absolute Gasteiger partial charge is 0.278 e. The molecule has 24 heavy (non-hydrogen) atoms. The molecular formula is C15H13Cl2N5O2. The number of imidazole rings is 1. The van der Waals surface area contributed by atoms with Gasteiger partial charge in [0.25, 0.3) is 5.91 Å². The first kappa shape index (κ1) is 16.6. The molecule has 1 aliphatic rings. The second-order valence-corrected chi connectivity index (χ2v) is 6.23. The molecule has 124 valence electrons. The van der Waals surface area contributed by atoms with Gasteiger partial charge in [0.2, 0.25) is 12.2 Å². The Morgan fingerprint density at radius 3 is 2.67 bits per heavy atom. The van der Waals surface area contributed by atoms with Gasteiger partial charge in [-0.15, -0.1) is 0 Å². The fourth-order valence-electron chi connectivity index (χ4n) is 2.62. The Morgan fingerprint density at radius 1 is 1.33 bits per heavy atom. The molecule has 1 unspecified atom stereocenters. The number of rotatable bonds is 2. The lowest BCUT2D eigenvalue weighted by Crippen LogP contribution is -2.53. The number of carbonyl (C=O) groups is 1. The van der Waals surface area contributed by atoms with Crippen molar-refractivity contribution in [2.45, 2.75) is 12.9 Å². The first-order valence-corrected chi connectivity index (χ1v) is 7.73. The van der Waals surface area contributed by atoms with Crippen molar-refractivity contribution in [3.8, 4) is 6.07 Å². The summed E-state index contributed by atoms with van der Waals surface area (Å²) in [4.78, 5) is 19.6. The molecule has 0 radical (unpaired) electrons. The van der Waals surface area contributed by atoms with E-state index in [1.807, 2.05) is 6.07 Å². The first-order chi connectivity index (χ1) is 11.3. The third-order valence-corrected chi connectivity index (χ3v) is 4.68. The molecule has 1 aliphatic heterocycles. The monoisotopic (exact) mass is 365 g/mol. The maximum Gasteiger partial charge on any atom is 0.278 e. The van der Waals surface area contributed by atoms with Gasteiger partial charge in [-0.05, 0) is 17.7 Å². The fraction of sp³-hybridized carbons (Fsp3) is 0.267. The van der Waals surface area contributed by atoms with Crippen LogP contribution in [0, 0.1) is 11.3 Å². The number of aromatic nitrogens is 2. The minimum absolute atomic E-state index is 0.101. The molecule has 7 nitrogen and oxygen atoms in total. The largest absolute Gasteiger partial charge is 0.356 e. The zero-order valence-corrected chi connectivity index (χ0v) is 14.4. The zero-order chi connectivity index (χ0) is 17.6. The average molecular weight is 366 g/mol. The Bertz CT molecular complexity index is 873. The molecule has 1 amide bonds. The van der Waals surface area contributed by atoms with Crippen LogP contribution in [-0.4, -0.2) is 38.9 Å². The molecule has 0 aliphatic carbocycles. The molecule has 3 rings (SSSR count). The van der Waals surface area contributed by atoms with Crippen molar-refractivity contribution >= 4 is 34.9 Å². The molecule has 1 N–H and O–H groups in total. The van der Waals surface area contributed by atoms with E-state index in [1.54, 1.807) is 32.3 Å². The van der Waals surface area contributed by atoms with E-state index >= 15 is 0 Å². The van der Waals surface area contributed by atoms with Crippen LogP contribution in [0.2, 0.25) is 10.0 Å². The molecule has 0 saturated heterocycles. The Labute approximate surface area is 148 Å². The van der Waals surface area contributed by atoms with Gasteiger partial charge in [0, 0.05) is 14.1 Å². The van der Waals surface area contributed by atoms with Crippen molar-refractivity contribution in [3.63, 3.8) is 0 Å². The predicted octanol–water partition coefficient (Wildman–Crippen LogP) is 1.97. The molecule has 0 fully saturated rings. The van der Waals surface area contributed by atoms with Crippen molar-refractivity contribution < 1.29 is 9.90 Å². The van der Waals surface area contributed by atoms with Gasteiger partial charge in [0.15, 0.2) is 11.5 Å². The summed E-state index contributed by atoms with van der Waals surface area (Å²) < 4.78 is 1.42. The third kappa shape index (κ3) is 2.49. The highest BCUT2D eigenvalue weighted by Crippen LogP contribution is 2.30. The summed E-state index contributed by atoms with van der Waals surface area (Å²) in [7, 11) is 3.19. The number of anilines is 1. The second kappa shape index (κ2) is 5.98. The van der Waals surface area contributed by atoms with Gasteiger partial charge >= 0.3 is 0 Å². The number of amides is 1. The van der Waals surface area contributed by atoms with Gasteiger partial charge in [-0.3, -0.25) is 9.69 Å². The van der Waals surface area contributed by atoms with Crippen LogP contribution in [0.4, 0.5) is 5.82 Å². The maximum absolute atomic E-state index is 12.8. The summed E-state index contributed by atoms with van der Waals surface area (Å²) >= 11 is 11.9. The van der Waals surface area contributed by atoms with E-state index < -0.39 is 12.3 Å². The Morgan fingerprint density at radius 2 is 2.04 bits per heavy atom. The van der Waals surface area contributed by atoms with Gasteiger partial charge in [-0.1, -0.05) is 29.3 Å². The zero-order valence-electron chi connectivity index (χ0n) is 12.9. The van der Waals surface area contributed by atoms with E-state index in [4.69, 9.17) is 28.5 Å². The molecule has 1 aromatic carbocycles. The number of nitriles is 1. The van der Waals surface area contributed by atoms with Crippen molar-refractivity contribution in [1.82, 2.24) is 14.5 Å². The van der Waals surface area contributed by atoms with Gasteiger partial charge in [0.05, 0.1) is 16.6 Å². The number of nitrogens with zero attached hydrogens (tertiary/aromatic N) is 5. The molecule has 0 spiro atoms. The van der Waals surface area contributed by atoms with Crippen LogP contribution in [-0.2, 0) is 13.6 Å². The van der Waals surface area contributed by atoms with Gasteiger partial charge in [-0.25, -0.2) is 4.98 Å². The van der Waals surface area contributed by atoms with Crippen LogP contribution >= 0.6 is 23.2 Å². The SMILES string of the molecule is CN1c2nc(C#N)n(C)c2C(=O)N(Cc2ccc(Cl)c(Cl)c2)C1O. The van der Waals surface area contributed by atoms with Crippen LogP contribution < -0.4 is 4.90 Å². The van der Waals surface area contributed by atoms with E-state index in [0.717, 1.165) is 5.56 Å². The highest BCUT2D eigenvalue weighted by Gasteiger charge is 2.39. The number of hydrogen-bond donors (Lipinski definition) is 1. The lowest BCUT2D eigenvalue weighted by atomic mass is 10.2. The van der Waals surface area contributed by atoms with Gasteiger partial charge in [0.1, 0.15) is 6.07 Å². The Balaban J connectivity index is 2.00. The summed E-state index contributed by atoms with van der Waals surface area (Å²) in [5, 5.41) is 20.3. The summed E-state index contributed by atoms with van der Waals surface area (Å²) in [6.45, 7) is 0.133. The normalized spacial score (nSPS) is 17.0. The van der Waals surface area contributed by atoms with Crippen LogP contribution in [0.5, 0.6) is 0 Å². The average Bonchev–Trinajstić information content (AvgIpc) is 2.89. The molecular weight excluding hydrogens is 353 g/mol. The van der Waals surface area contributed by atoms with Crippen molar-refractivity contribution in [3.05, 3.63) is 45.3 Å². The van der Waals surface area contributed by atoms with Crippen LogP contribution in [0.25, 0.3) is 0 Å². The van der Waals surface area contributed by atoms with Gasteiger partial charge in [-0.2, -0.15) is 5.26 Å². The lowest BCUT2D eigenvalue weighted by molar-refractivity contribution is -0.000732. The number of hydrogen-bond acceptors (Lipinski definition) is 5. The van der Waals surface area contributed by atoms with E-state index in [9.17, 15) is 9.90 Å². The predicted molar refractivity (Wildman–Crippen MR) is 88.7 cm³/mol. The van der Waals surface area contributed by atoms with E-state index in [2.05, 4.69) is 4.98 Å². The van der Waals surface area contributed by atoms with E-state index in [1.165, 1.54) is 14.4 Å². The summed E-state index contributed by atoms with van der Waals surface area (Å²) in [5.74, 6) is -0.0427. The maximum atomic E-state index is 12.8. The lowest BCUT2D eigenvalue weighted by Gasteiger charge is -2.38. The molecule has 1 aromatic heterocycles.